The predicted molar refractivity (Wildman–Crippen MR) is 71.4 cm³/mol. The molecule has 1 aliphatic carbocycles. The zero-order chi connectivity index (χ0) is 15.7. The number of nitrogens with one attached hydrogen (secondary N) is 1. The van der Waals surface area contributed by atoms with Gasteiger partial charge in [0.1, 0.15) is 10.0 Å². The van der Waals surface area contributed by atoms with E-state index >= 15 is 0 Å². The quantitative estimate of drug-likeness (QED) is 0.858. The lowest BCUT2D eigenvalue weighted by atomic mass is 9.85. The van der Waals surface area contributed by atoms with Crippen LogP contribution in [0.3, 0.4) is 0 Å². The number of nitrogens with zero attached hydrogens (tertiary/aromatic N) is 1. The van der Waals surface area contributed by atoms with Crippen LogP contribution < -0.4 is 4.72 Å². The van der Waals surface area contributed by atoms with E-state index in [2.05, 4.69) is 9.71 Å². The van der Waals surface area contributed by atoms with E-state index in [1.165, 1.54) is 18.3 Å². The van der Waals surface area contributed by atoms with Gasteiger partial charge in [0.15, 0.2) is 0 Å². The molecule has 21 heavy (non-hydrogen) atoms. The molecule has 4 nitrogen and oxygen atoms in total. The number of aromatic nitrogens is 1. The Morgan fingerprint density at radius 3 is 2.57 bits per heavy atom. The highest BCUT2D eigenvalue weighted by Gasteiger charge is 2.46. The molecular weight excluding hydrogens is 329 g/mol. The van der Waals surface area contributed by atoms with Gasteiger partial charge in [-0.05, 0) is 25.0 Å². The molecule has 1 N–H and O–H groups in total. The minimum atomic E-state index is -4.42. The van der Waals surface area contributed by atoms with E-state index in [4.69, 9.17) is 11.6 Å². The molecule has 2 atom stereocenters. The SMILES string of the molecule is O=S(=O)(NC1CCCCC1C(F)(F)F)c1cccnc1Cl. The largest absolute Gasteiger partial charge is 0.393 e. The van der Waals surface area contributed by atoms with Gasteiger partial charge in [-0.1, -0.05) is 24.4 Å². The maximum atomic E-state index is 13.0. The van der Waals surface area contributed by atoms with Crippen LogP contribution in [0.4, 0.5) is 13.2 Å². The molecule has 1 saturated carbocycles. The number of rotatable bonds is 3. The van der Waals surface area contributed by atoms with E-state index < -0.39 is 28.2 Å². The van der Waals surface area contributed by atoms with Crippen molar-refractivity contribution in [1.29, 1.82) is 0 Å². The van der Waals surface area contributed by atoms with E-state index in [1.54, 1.807) is 0 Å². The van der Waals surface area contributed by atoms with Crippen molar-refractivity contribution in [3.05, 3.63) is 23.5 Å². The highest BCUT2D eigenvalue weighted by atomic mass is 35.5. The van der Waals surface area contributed by atoms with Crippen molar-refractivity contribution >= 4 is 21.6 Å². The minimum absolute atomic E-state index is 0.0720. The summed E-state index contributed by atoms with van der Waals surface area (Å²) in [5.41, 5.74) is 0. The first kappa shape index (κ1) is 16.5. The Morgan fingerprint density at radius 2 is 1.95 bits per heavy atom. The van der Waals surface area contributed by atoms with Crippen molar-refractivity contribution < 1.29 is 21.6 Å². The molecule has 0 spiro atoms. The topological polar surface area (TPSA) is 59.1 Å². The third-order valence-electron chi connectivity index (χ3n) is 3.51. The summed E-state index contributed by atoms with van der Waals surface area (Å²) in [5.74, 6) is -1.67. The molecule has 2 rings (SSSR count). The summed E-state index contributed by atoms with van der Waals surface area (Å²) in [4.78, 5) is 3.32. The van der Waals surface area contributed by atoms with Crippen LogP contribution in [-0.4, -0.2) is 25.6 Å². The lowest BCUT2D eigenvalue weighted by Crippen LogP contribution is -2.47. The van der Waals surface area contributed by atoms with Crippen molar-refractivity contribution in [2.75, 3.05) is 0 Å². The smallest absolute Gasteiger partial charge is 0.243 e. The number of pyridine rings is 1. The molecule has 9 heteroatoms. The molecule has 1 heterocycles. The van der Waals surface area contributed by atoms with E-state index in [-0.39, 0.29) is 22.9 Å². The Bertz CT molecular complexity index is 607. The Morgan fingerprint density at radius 1 is 1.29 bits per heavy atom. The molecule has 0 amide bonds. The second-order valence-corrected chi connectivity index (χ2v) is 6.99. The maximum absolute atomic E-state index is 13.0. The lowest BCUT2D eigenvalue weighted by molar-refractivity contribution is -0.187. The fraction of sp³-hybridized carbons (Fsp3) is 0.583. The predicted octanol–water partition coefficient (Wildman–Crippen LogP) is 3.13. The number of hydrogen-bond donors (Lipinski definition) is 1. The van der Waals surface area contributed by atoms with E-state index in [0.29, 0.717) is 12.8 Å². The van der Waals surface area contributed by atoms with Crippen molar-refractivity contribution in [3.8, 4) is 0 Å². The molecule has 1 aromatic heterocycles. The zero-order valence-corrected chi connectivity index (χ0v) is 12.5. The number of alkyl halides is 3. The summed E-state index contributed by atoms with van der Waals surface area (Å²) >= 11 is 5.70. The van der Waals surface area contributed by atoms with Crippen LogP contribution in [0.15, 0.2) is 23.2 Å². The average Bonchev–Trinajstić information content (AvgIpc) is 2.38. The Kier molecular flexibility index (Phi) is 4.79. The summed E-state index contributed by atoms with van der Waals surface area (Å²) < 4.78 is 65.4. The number of hydrogen-bond acceptors (Lipinski definition) is 3. The zero-order valence-electron chi connectivity index (χ0n) is 10.9. The van der Waals surface area contributed by atoms with Crippen molar-refractivity contribution in [2.45, 2.75) is 42.8 Å². The fourth-order valence-corrected chi connectivity index (χ4v) is 4.26. The summed E-state index contributed by atoms with van der Waals surface area (Å²) in [7, 11) is -4.13. The first-order chi connectivity index (χ1) is 9.72. The van der Waals surface area contributed by atoms with Gasteiger partial charge in [-0.25, -0.2) is 18.1 Å². The lowest BCUT2D eigenvalue weighted by Gasteiger charge is -2.33. The second-order valence-electron chi connectivity index (χ2n) is 4.95. The average molecular weight is 343 g/mol. The molecule has 1 aliphatic rings. The Hall–Kier alpha value is -0.860. The van der Waals surface area contributed by atoms with E-state index in [1.807, 2.05) is 0 Å². The first-order valence-electron chi connectivity index (χ1n) is 6.41. The van der Waals surface area contributed by atoms with Gasteiger partial charge >= 0.3 is 6.18 Å². The van der Waals surface area contributed by atoms with Gasteiger partial charge in [0.25, 0.3) is 0 Å². The summed E-state index contributed by atoms with van der Waals surface area (Å²) in [5, 5.41) is -0.260. The number of halogens is 4. The first-order valence-corrected chi connectivity index (χ1v) is 8.27. The molecule has 0 saturated heterocycles. The highest BCUT2D eigenvalue weighted by molar-refractivity contribution is 7.89. The van der Waals surface area contributed by atoms with Gasteiger partial charge in [-0.15, -0.1) is 0 Å². The Balaban J connectivity index is 2.25. The third-order valence-corrected chi connectivity index (χ3v) is 5.44. The van der Waals surface area contributed by atoms with E-state index in [0.717, 1.165) is 0 Å². The van der Waals surface area contributed by atoms with Crippen LogP contribution in [0, 0.1) is 5.92 Å². The van der Waals surface area contributed by atoms with Crippen LogP contribution in [0.1, 0.15) is 25.7 Å². The van der Waals surface area contributed by atoms with Gasteiger partial charge in [0, 0.05) is 12.2 Å². The van der Waals surface area contributed by atoms with Gasteiger partial charge in [-0.3, -0.25) is 0 Å². The van der Waals surface area contributed by atoms with Crippen molar-refractivity contribution in [3.63, 3.8) is 0 Å². The minimum Gasteiger partial charge on any atom is -0.243 e. The molecule has 0 aromatic carbocycles. The van der Waals surface area contributed by atoms with Gasteiger partial charge in [0.2, 0.25) is 10.0 Å². The molecule has 0 radical (unpaired) electrons. The molecule has 118 valence electrons. The van der Waals surface area contributed by atoms with Gasteiger partial charge in [0.05, 0.1) is 5.92 Å². The summed E-state index contributed by atoms with van der Waals surface area (Å²) in [6.45, 7) is 0. The number of sulfonamides is 1. The molecule has 0 aliphatic heterocycles. The summed E-state index contributed by atoms with van der Waals surface area (Å²) in [6.07, 6.45) is -2.04. The normalized spacial score (nSPS) is 24.0. The Labute approximate surface area is 125 Å². The maximum Gasteiger partial charge on any atom is 0.393 e. The standard InChI is InChI=1S/C12H14ClF3N2O2S/c13-11-10(6-3-7-17-11)21(19,20)18-9-5-2-1-4-8(9)12(14,15)16/h3,6-9,18H,1-2,4-5H2. The van der Waals surface area contributed by atoms with Gasteiger partial charge < -0.3 is 0 Å². The van der Waals surface area contributed by atoms with Gasteiger partial charge in [-0.2, -0.15) is 13.2 Å². The molecule has 1 fully saturated rings. The van der Waals surface area contributed by atoms with Crippen LogP contribution in [0.5, 0.6) is 0 Å². The van der Waals surface area contributed by atoms with Crippen molar-refractivity contribution in [1.82, 2.24) is 9.71 Å². The van der Waals surface area contributed by atoms with Crippen LogP contribution in [0.2, 0.25) is 5.15 Å². The molecular formula is C12H14ClF3N2O2S. The highest BCUT2D eigenvalue weighted by Crippen LogP contribution is 2.38. The second kappa shape index (κ2) is 6.10. The molecule has 2 unspecified atom stereocenters. The van der Waals surface area contributed by atoms with Crippen LogP contribution in [0.25, 0.3) is 0 Å². The molecule has 1 aromatic rings. The summed E-state index contributed by atoms with van der Waals surface area (Å²) in [6, 6.07) is 1.41. The molecule has 0 bridgehead atoms. The fourth-order valence-electron chi connectivity index (χ4n) is 2.50. The monoisotopic (exact) mass is 342 g/mol. The third kappa shape index (κ3) is 3.87. The van der Waals surface area contributed by atoms with Crippen LogP contribution in [-0.2, 0) is 10.0 Å². The van der Waals surface area contributed by atoms with Crippen molar-refractivity contribution in [2.24, 2.45) is 5.92 Å². The van der Waals surface area contributed by atoms with E-state index in [9.17, 15) is 21.6 Å². The van der Waals surface area contributed by atoms with Crippen LogP contribution >= 0.6 is 11.6 Å².